The minimum Gasteiger partial charge on any atom is -0.399 e. The van der Waals surface area contributed by atoms with Gasteiger partial charge in [0.25, 0.3) is 5.91 Å². The summed E-state index contributed by atoms with van der Waals surface area (Å²) in [4.78, 5) is 25.3. The summed E-state index contributed by atoms with van der Waals surface area (Å²) in [7, 11) is 1.40. The fourth-order valence-corrected chi connectivity index (χ4v) is 1.98. The highest BCUT2D eigenvalue weighted by Crippen LogP contribution is 2.26. The van der Waals surface area contributed by atoms with E-state index in [4.69, 9.17) is 0 Å². The molecule has 0 atom stereocenters. The van der Waals surface area contributed by atoms with Crippen molar-refractivity contribution in [2.24, 2.45) is 5.16 Å². The molecule has 0 saturated carbocycles. The smallest absolute Gasteiger partial charge is 0.273 e. The molecule has 1 heterocycles. The van der Waals surface area contributed by atoms with Gasteiger partial charge < -0.3 is 10.2 Å². The van der Waals surface area contributed by atoms with Crippen LogP contribution in [-0.2, 0) is 9.63 Å². The van der Waals surface area contributed by atoms with Crippen LogP contribution < -0.4 is 5.32 Å². The van der Waals surface area contributed by atoms with Gasteiger partial charge in [-0.2, -0.15) is 0 Å². The molecule has 0 aliphatic carbocycles. The molecular weight excluding hydrogens is 280 g/mol. The van der Waals surface area contributed by atoms with Gasteiger partial charge in [0, 0.05) is 23.1 Å². The highest BCUT2D eigenvalue weighted by atomic mass is 16.6. The first-order chi connectivity index (χ1) is 10.5. The van der Waals surface area contributed by atoms with Crippen LogP contribution in [-0.4, -0.2) is 28.7 Å². The number of aromatic nitrogens is 2. The third kappa shape index (κ3) is 3.46. The lowest BCUT2D eigenvalue weighted by Crippen LogP contribution is -2.21. The number of amides is 1. The molecule has 2 aromatic rings. The fraction of sp³-hybridized carbons (Fsp3) is 0.250. The van der Waals surface area contributed by atoms with Crippen molar-refractivity contribution < 1.29 is 9.63 Å². The SMILES string of the molecule is CO/N=C(\C)C(=O)Nc1cccc(-c2nccc(C)n2)c1C. The number of benzene rings is 1. The Labute approximate surface area is 129 Å². The fourth-order valence-electron chi connectivity index (χ4n) is 1.98. The second kappa shape index (κ2) is 6.80. The first kappa shape index (κ1) is 15.6. The van der Waals surface area contributed by atoms with Crippen LogP contribution in [0.4, 0.5) is 5.69 Å². The van der Waals surface area contributed by atoms with Gasteiger partial charge in [-0.25, -0.2) is 9.97 Å². The normalized spacial score (nSPS) is 11.2. The van der Waals surface area contributed by atoms with Crippen LogP contribution >= 0.6 is 0 Å². The molecule has 0 aliphatic heterocycles. The van der Waals surface area contributed by atoms with Crippen molar-refractivity contribution in [3.63, 3.8) is 0 Å². The number of carbonyl (C=O) groups excluding carboxylic acids is 1. The zero-order valence-electron chi connectivity index (χ0n) is 13.0. The second-order valence-electron chi connectivity index (χ2n) is 4.81. The first-order valence-corrected chi connectivity index (χ1v) is 6.81. The van der Waals surface area contributed by atoms with Crippen LogP contribution in [0.1, 0.15) is 18.2 Å². The summed E-state index contributed by atoms with van der Waals surface area (Å²) in [6.45, 7) is 5.41. The average Bonchev–Trinajstić information content (AvgIpc) is 2.49. The van der Waals surface area contributed by atoms with Crippen LogP contribution in [0.25, 0.3) is 11.4 Å². The number of aryl methyl sites for hydroxylation is 1. The van der Waals surface area contributed by atoms with E-state index in [1.807, 2.05) is 38.1 Å². The first-order valence-electron chi connectivity index (χ1n) is 6.81. The second-order valence-corrected chi connectivity index (χ2v) is 4.81. The maximum absolute atomic E-state index is 12.0. The number of hydrogen-bond donors (Lipinski definition) is 1. The minimum absolute atomic E-state index is 0.249. The Morgan fingerprint density at radius 1 is 1.27 bits per heavy atom. The highest BCUT2D eigenvalue weighted by Gasteiger charge is 2.12. The zero-order chi connectivity index (χ0) is 16.1. The number of nitrogens with zero attached hydrogens (tertiary/aromatic N) is 3. The van der Waals surface area contributed by atoms with E-state index in [-0.39, 0.29) is 11.6 Å². The summed E-state index contributed by atoms with van der Waals surface area (Å²) in [5.74, 6) is 0.322. The summed E-state index contributed by atoms with van der Waals surface area (Å²) < 4.78 is 0. The summed E-state index contributed by atoms with van der Waals surface area (Å²) in [6.07, 6.45) is 1.72. The number of oxime groups is 1. The van der Waals surface area contributed by atoms with E-state index in [1.54, 1.807) is 13.1 Å². The van der Waals surface area contributed by atoms with Gasteiger partial charge in [0.2, 0.25) is 0 Å². The molecule has 1 aromatic carbocycles. The third-order valence-corrected chi connectivity index (χ3v) is 3.17. The van der Waals surface area contributed by atoms with Crippen LogP contribution in [0, 0.1) is 13.8 Å². The quantitative estimate of drug-likeness (QED) is 0.695. The van der Waals surface area contributed by atoms with E-state index in [1.165, 1.54) is 7.11 Å². The van der Waals surface area contributed by atoms with Gasteiger partial charge in [0.15, 0.2) is 5.82 Å². The Bertz CT molecular complexity index is 726. The van der Waals surface area contributed by atoms with Crippen molar-refractivity contribution in [3.8, 4) is 11.4 Å². The van der Waals surface area contributed by atoms with Gasteiger partial charge in [0.1, 0.15) is 12.8 Å². The molecule has 1 aromatic heterocycles. The standard InChI is InChI=1S/C16H18N4O2/c1-10-8-9-17-15(18-10)13-6-5-7-14(11(13)2)19-16(21)12(3)20-22-4/h5-9H,1-4H3,(H,19,21)/b20-12+. The van der Waals surface area contributed by atoms with Crippen LogP contribution in [0.15, 0.2) is 35.6 Å². The van der Waals surface area contributed by atoms with Crippen molar-refractivity contribution in [3.05, 3.63) is 41.7 Å². The monoisotopic (exact) mass is 298 g/mol. The predicted molar refractivity (Wildman–Crippen MR) is 85.7 cm³/mol. The molecule has 1 N–H and O–H groups in total. The lowest BCUT2D eigenvalue weighted by atomic mass is 10.1. The van der Waals surface area contributed by atoms with E-state index in [9.17, 15) is 4.79 Å². The molecule has 2 rings (SSSR count). The minimum atomic E-state index is -0.313. The van der Waals surface area contributed by atoms with Gasteiger partial charge in [-0.05, 0) is 38.5 Å². The lowest BCUT2D eigenvalue weighted by molar-refractivity contribution is -0.110. The van der Waals surface area contributed by atoms with E-state index < -0.39 is 0 Å². The third-order valence-electron chi connectivity index (χ3n) is 3.17. The summed E-state index contributed by atoms with van der Waals surface area (Å²) in [5.41, 5.74) is 3.61. The molecule has 0 spiro atoms. The van der Waals surface area contributed by atoms with Gasteiger partial charge >= 0.3 is 0 Å². The summed E-state index contributed by atoms with van der Waals surface area (Å²) >= 11 is 0. The maximum Gasteiger partial charge on any atom is 0.273 e. The molecule has 22 heavy (non-hydrogen) atoms. The highest BCUT2D eigenvalue weighted by molar-refractivity contribution is 6.42. The van der Waals surface area contributed by atoms with Crippen LogP contribution in [0.2, 0.25) is 0 Å². The number of carbonyl (C=O) groups is 1. The predicted octanol–water partition coefficient (Wildman–Crippen LogP) is 2.72. The van der Waals surface area contributed by atoms with Gasteiger partial charge in [-0.3, -0.25) is 4.79 Å². The van der Waals surface area contributed by atoms with E-state index in [2.05, 4.69) is 25.3 Å². The topological polar surface area (TPSA) is 76.5 Å². The molecular formula is C16H18N4O2. The molecule has 0 radical (unpaired) electrons. The van der Waals surface area contributed by atoms with E-state index in [0.717, 1.165) is 16.8 Å². The molecule has 0 bridgehead atoms. The summed E-state index contributed by atoms with van der Waals surface area (Å²) in [5, 5.41) is 6.44. The Morgan fingerprint density at radius 2 is 2.05 bits per heavy atom. The molecule has 0 saturated heterocycles. The number of nitrogens with one attached hydrogen (secondary N) is 1. The molecule has 0 aliphatic rings. The molecule has 114 valence electrons. The lowest BCUT2D eigenvalue weighted by Gasteiger charge is -2.11. The Balaban J connectivity index is 2.34. The van der Waals surface area contributed by atoms with Crippen molar-refractivity contribution >= 4 is 17.3 Å². The van der Waals surface area contributed by atoms with Crippen molar-refractivity contribution in [2.45, 2.75) is 20.8 Å². The van der Waals surface area contributed by atoms with Gasteiger partial charge in [-0.1, -0.05) is 17.3 Å². The van der Waals surface area contributed by atoms with Crippen molar-refractivity contribution in [1.82, 2.24) is 9.97 Å². The maximum atomic E-state index is 12.0. The molecule has 0 unspecified atom stereocenters. The number of anilines is 1. The molecule has 0 fully saturated rings. The number of hydrogen-bond acceptors (Lipinski definition) is 5. The van der Waals surface area contributed by atoms with E-state index >= 15 is 0 Å². The van der Waals surface area contributed by atoms with E-state index in [0.29, 0.717) is 11.5 Å². The largest absolute Gasteiger partial charge is 0.399 e. The van der Waals surface area contributed by atoms with Gasteiger partial charge in [-0.15, -0.1) is 0 Å². The number of rotatable bonds is 4. The molecule has 6 heteroatoms. The summed E-state index contributed by atoms with van der Waals surface area (Å²) in [6, 6.07) is 7.45. The zero-order valence-corrected chi connectivity index (χ0v) is 13.0. The average molecular weight is 298 g/mol. The van der Waals surface area contributed by atoms with Crippen molar-refractivity contribution in [2.75, 3.05) is 12.4 Å². The van der Waals surface area contributed by atoms with Crippen molar-refractivity contribution in [1.29, 1.82) is 0 Å². The Morgan fingerprint density at radius 3 is 2.73 bits per heavy atom. The van der Waals surface area contributed by atoms with Crippen LogP contribution in [0.3, 0.4) is 0 Å². The Hall–Kier alpha value is -2.76. The van der Waals surface area contributed by atoms with Crippen LogP contribution in [0.5, 0.6) is 0 Å². The van der Waals surface area contributed by atoms with Gasteiger partial charge in [0.05, 0.1) is 0 Å². The molecule has 1 amide bonds. The molecule has 6 nitrogen and oxygen atoms in total. The Kier molecular flexibility index (Phi) is 4.83.